The average Bonchev–Trinajstić information content (AvgIpc) is 3.03. The van der Waals surface area contributed by atoms with Crippen LogP contribution in [0.2, 0.25) is 0 Å². The first-order valence-electron chi connectivity index (χ1n) is 14.3. The molecule has 48 heavy (non-hydrogen) atoms. The van der Waals surface area contributed by atoms with Gasteiger partial charge >= 0.3 is 0 Å². The molecular weight excluding hydrogens is 657 g/mol. The number of carbonyl (C=O) groups is 2. The van der Waals surface area contributed by atoms with Crippen molar-refractivity contribution in [3.05, 3.63) is 118 Å². The molecule has 0 radical (unpaired) electrons. The number of nitrogens with zero attached hydrogens (tertiary/aromatic N) is 2. The largest absolute Gasteiger partial charge is 0.296 e. The number of fused-ring (bicyclic) bond motifs is 2. The molecule has 0 heterocycles. The average molecular weight is 683 g/mol. The fraction of sp³-hybridized carbons (Fsp3) is 0.0588. The second kappa shape index (κ2) is 12.2. The molecule has 0 unspecified atom stereocenters. The van der Waals surface area contributed by atoms with Gasteiger partial charge in [0, 0.05) is 11.1 Å². The number of rotatable bonds is 7. The number of benzene rings is 4. The summed E-state index contributed by atoms with van der Waals surface area (Å²) < 4.78 is 70.8. The van der Waals surface area contributed by atoms with Crippen molar-refractivity contribution in [1.29, 1.82) is 0 Å². The smallest absolute Gasteiger partial charge is 0.287 e. The van der Waals surface area contributed by atoms with Crippen molar-refractivity contribution in [2.75, 3.05) is 10.9 Å². The first-order valence-corrected chi connectivity index (χ1v) is 17.2. The Kier molecular flexibility index (Phi) is 8.26. The maximum absolute atomic E-state index is 12.6. The summed E-state index contributed by atoms with van der Waals surface area (Å²) in [7, 11) is -9.77. The maximum atomic E-state index is 12.6. The molecule has 0 aliphatic heterocycles. The molecule has 0 amide bonds. The molecule has 6 rings (SSSR count). The van der Waals surface area contributed by atoms with Crippen LogP contribution >= 0.6 is 0 Å². The summed E-state index contributed by atoms with van der Waals surface area (Å²) in [6.07, 6.45) is 5.96. The molecule has 0 fully saturated rings. The molecule has 242 valence electrons. The molecule has 4 N–H and O–H groups in total. The molecule has 4 aromatic rings. The van der Waals surface area contributed by atoms with E-state index in [0.717, 1.165) is 23.3 Å². The van der Waals surface area contributed by atoms with Gasteiger partial charge in [-0.2, -0.15) is 27.0 Å². The van der Waals surface area contributed by atoms with E-state index in [0.29, 0.717) is 11.1 Å². The standard InChI is InChI=1S/C34H26N4O8S2/c1-19-15-23(17-29(47(41,42)43)31(19)35-37-33-25-9-5-3-7-21(25)11-13-27(33)39)24-16-20(2)32(30(18-24)48(44,45)46)36-38-34-26-10-6-4-8-22(26)12-14-28(34)40/h3-18,35-36H,1-2H3,(H,41,42,43)(H,44,45,46). The van der Waals surface area contributed by atoms with Crippen molar-refractivity contribution in [3.8, 4) is 11.1 Å². The normalized spacial score (nSPS) is 15.8. The topological polar surface area (TPSA) is 192 Å². The van der Waals surface area contributed by atoms with Crippen LogP contribution in [0.25, 0.3) is 23.3 Å². The molecule has 14 heteroatoms. The summed E-state index contributed by atoms with van der Waals surface area (Å²) in [6.45, 7) is 3.07. The minimum absolute atomic E-state index is 0.0346. The quantitative estimate of drug-likeness (QED) is 0.147. The molecular formula is C34H26N4O8S2. The van der Waals surface area contributed by atoms with E-state index in [-0.39, 0.29) is 45.1 Å². The third-order valence-corrected chi connectivity index (χ3v) is 9.53. The van der Waals surface area contributed by atoms with Crippen LogP contribution in [-0.4, -0.2) is 48.9 Å². The fourth-order valence-electron chi connectivity index (χ4n) is 5.46. The molecule has 4 aromatic carbocycles. The molecule has 2 aliphatic carbocycles. The Morgan fingerprint density at radius 2 is 0.938 bits per heavy atom. The number of allylic oxidation sites excluding steroid dienone is 2. The lowest BCUT2D eigenvalue weighted by atomic mass is 9.95. The monoisotopic (exact) mass is 682 g/mol. The van der Waals surface area contributed by atoms with E-state index in [1.807, 2.05) is 0 Å². The van der Waals surface area contributed by atoms with E-state index in [2.05, 4.69) is 21.1 Å². The number of hydrogen-bond donors (Lipinski definition) is 4. The van der Waals surface area contributed by atoms with Crippen LogP contribution in [0.3, 0.4) is 0 Å². The van der Waals surface area contributed by atoms with E-state index < -0.39 is 41.6 Å². The Labute approximate surface area is 275 Å². The van der Waals surface area contributed by atoms with Crippen molar-refractivity contribution in [1.82, 2.24) is 0 Å². The Morgan fingerprint density at radius 3 is 1.31 bits per heavy atom. The molecule has 0 atom stereocenters. The van der Waals surface area contributed by atoms with Gasteiger partial charge in [-0.25, -0.2) is 0 Å². The van der Waals surface area contributed by atoms with Crippen LogP contribution in [0.5, 0.6) is 0 Å². The van der Waals surface area contributed by atoms with Crippen LogP contribution in [0.1, 0.15) is 33.4 Å². The number of nitrogens with one attached hydrogen (secondary N) is 2. The van der Waals surface area contributed by atoms with Crippen LogP contribution in [0.4, 0.5) is 11.4 Å². The van der Waals surface area contributed by atoms with E-state index in [1.165, 1.54) is 38.1 Å². The van der Waals surface area contributed by atoms with Gasteiger partial charge in [0.25, 0.3) is 20.2 Å². The molecule has 0 saturated carbocycles. The van der Waals surface area contributed by atoms with E-state index in [4.69, 9.17) is 0 Å². The van der Waals surface area contributed by atoms with Crippen LogP contribution < -0.4 is 10.9 Å². The zero-order valence-electron chi connectivity index (χ0n) is 25.3. The fourth-order valence-corrected chi connectivity index (χ4v) is 6.94. The summed E-state index contributed by atoms with van der Waals surface area (Å²) in [5, 5.41) is 8.39. The lowest BCUT2D eigenvalue weighted by molar-refractivity contribution is -0.109. The van der Waals surface area contributed by atoms with Gasteiger partial charge in [0.1, 0.15) is 21.2 Å². The van der Waals surface area contributed by atoms with Gasteiger partial charge in [-0.15, -0.1) is 0 Å². The summed E-state index contributed by atoms with van der Waals surface area (Å²) in [6, 6.07) is 19.3. The van der Waals surface area contributed by atoms with Crippen molar-refractivity contribution in [2.24, 2.45) is 10.2 Å². The van der Waals surface area contributed by atoms with Crippen molar-refractivity contribution in [3.63, 3.8) is 0 Å². The van der Waals surface area contributed by atoms with Gasteiger partial charge in [0.2, 0.25) is 11.6 Å². The highest BCUT2D eigenvalue weighted by molar-refractivity contribution is 7.86. The second-order valence-corrected chi connectivity index (χ2v) is 13.8. The Balaban J connectivity index is 1.42. The number of ketones is 2. The highest BCUT2D eigenvalue weighted by atomic mass is 32.2. The third kappa shape index (κ3) is 6.24. The van der Waals surface area contributed by atoms with Gasteiger partial charge in [-0.3, -0.25) is 29.5 Å². The number of carbonyl (C=O) groups excluding carboxylic acids is 2. The van der Waals surface area contributed by atoms with Crippen molar-refractivity contribution < 1.29 is 35.5 Å². The van der Waals surface area contributed by atoms with Gasteiger partial charge in [-0.1, -0.05) is 60.7 Å². The van der Waals surface area contributed by atoms with Gasteiger partial charge in [0.15, 0.2) is 0 Å². The second-order valence-electron chi connectivity index (χ2n) is 11.0. The molecule has 0 saturated heterocycles. The zero-order chi connectivity index (χ0) is 34.4. The van der Waals surface area contributed by atoms with Crippen LogP contribution in [-0.2, 0) is 29.8 Å². The highest BCUT2D eigenvalue weighted by Crippen LogP contribution is 2.36. The van der Waals surface area contributed by atoms with E-state index in [1.54, 1.807) is 60.7 Å². The Morgan fingerprint density at radius 1 is 0.562 bits per heavy atom. The maximum Gasteiger partial charge on any atom is 0.296 e. The van der Waals surface area contributed by atoms with Crippen LogP contribution in [0, 0.1) is 13.8 Å². The van der Waals surface area contributed by atoms with Gasteiger partial charge in [0.05, 0.1) is 11.4 Å². The SMILES string of the molecule is Cc1cc(-c2cc(C)c(NN=C3C(=O)C=Cc4ccccc43)c(S(=O)(=O)O)c2)cc(S(=O)(=O)O)c1NN=C1C(=O)C=Cc2ccccc21. The summed E-state index contributed by atoms with van der Waals surface area (Å²) in [5.41, 5.74) is 8.53. The van der Waals surface area contributed by atoms with Crippen molar-refractivity contribution in [2.45, 2.75) is 23.6 Å². The first kappa shape index (κ1) is 32.4. The number of aryl methyl sites for hydroxylation is 2. The van der Waals surface area contributed by atoms with Crippen LogP contribution in [0.15, 0.2) is 105 Å². The lowest BCUT2D eigenvalue weighted by Gasteiger charge is -2.17. The van der Waals surface area contributed by atoms with Gasteiger partial charge in [-0.05, 0) is 83.6 Å². The zero-order valence-corrected chi connectivity index (χ0v) is 26.9. The molecule has 0 aromatic heterocycles. The van der Waals surface area contributed by atoms with E-state index >= 15 is 0 Å². The number of hydrogen-bond acceptors (Lipinski definition) is 10. The highest BCUT2D eigenvalue weighted by Gasteiger charge is 2.25. The Bertz CT molecular complexity index is 2240. The molecule has 12 nitrogen and oxygen atoms in total. The minimum atomic E-state index is -4.89. The van der Waals surface area contributed by atoms with Gasteiger partial charge < -0.3 is 0 Å². The predicted molar refractivity (Wildman–Crippen MR) is 182 cm³/mol. The predicted octanol–water partition coefficient (Wildman–Crippen LogP) is 5.29. The molecule has 2 aliphatic rings. The number of hydrazone groups is 2. The lowest BCUT2D eigenvalue weighted by Crippen LogP contribution is -2.19. The summed E-state index contributed by atoms with van der Waals surface area (Å²) in [5.74, 6) is -0.825. The third-order valence-electron chi connectivity index (χ3n) is 7.77. The molecule has 0 spiro atoms. The van der Waals surface area contributed by atoms with E-state index in [9.17, 15) is 35.5 Å². The number of anilines is 2. The minimum Gasteiger partial charge on any atom is -0.287 e. The summed E-state index contributed by atoms with van der Waals surface area (Å²) >= 11 is 0. The summed E-state index contributed by atoms with van der Waals surface area (Å²) in [4.78, 5) is 24.1. The Hall–Kier alpha value is -5.54. The molecule has 0 bridgehead atoms. The van der Waals surface area contributed by atoms with Crippen molar-refractivity contribution >= 4 is 66.8 Å². The first-order chi connectivity index (χ1) is 22.7.